The van der Waals surface area contributed by atoms with Crippen LogP contribution in [0, 0.1) is 19.3 Å². The van der Waals surface area contributed by atoms with Crippen molar-refractivity contribution < 1.29 is 0 Å². The van der Waals surface area contributed by atoms with Crippen LogP contribution in [0.2, 0.25) is 0 Å². The van der Waals surface area contributed by atoms with Crippen LogP contribution in [0.1, 0.15) is 23.4 Å². The Morgan fingerprint density at radius 2 is 1.96 bits per heavy atom. The van der Waals surface area contributed by atoms with Gasteiger partial charge in [-0.25, -0.2) is 4.98 Å². The predicted molar refractivity (Wildman–Crippen MR) is 99.6 cm³/mol. The van der Waals surface area contributed by atoms with E-state index in [-0.39, 0.29) is 0 Å². The lowest BCUT2D eigenvalue weighted by molar-refractivity contribution is 0.383. The van der Waals surface area contributed by atoms with E-state index in [1.54, 1.807) is 6.33 Å². The minimum absolute atomic E-state index is 0.545. The molecule has 0 aromatic carbocycles. The summed E-state index contributed by atoms with van der Waals surface area (Å²) >= 11 is 0. The van der Waals surface area contributed by atoms with Crippen LogP contribution in [0.25, 0.3) is 11.0 Å². The van der Waals surface area contributed by atoms with Crippen LogP contribution in [0.3, 0.4) is 0 Å². The standard InChI is InChI=1S/C19H26N6/c1-14-15(2)25(12-16-8-5-6-9-21-16)19-17(14)18(20)24(13-22-19)11-7-10-23(3)4/h5-6,8-9,13,20H,7,10-12H2,1-4H3. The highest BCUT2D eigenvalue weighted by molar-refractivity contribution is 5.80. The average Bonchev–Trinajstić information content (AvgIpc) is 2.83. The van der Waals surface area contributed by atoms with Crippen LogP contribution < -0.4 is 5.49 Å². The molecule has 0 unspecified atom stereocenters. The van der Waals surface area contributed by atoms with Crippen LogP contribution in [-0.4, -0.2) is 44.6 Å². The summed E-state index contributed by atoms with van der Waals surface area (Å²) in [7, 11) is 4.14. The molecule has 0 aliphatic carbocycles. The van der Waals surface area contributed by atoms with Crippen molar-refractivity contribution in [3.05, 3.63) is 53.2 Å². The lowest BCUT2D eigenvalue weighted by Gasteiger charge is -2.11. The van der Waals surface area contributed by atoms with Gasteiger partial charge in [0.25, 0.3) is 0 Å². The Labute approximate surface area is 148 Å². The molecule has 0 aliphatic heterocycles. The number of pyridine rings is 1. The minimum Gasteiger partial charge on any atom is -0.323 e. The SMILES string of the molecule is Cc1c(C)n(Cc2ccccn2)c2ncn(CCCN(C)C)c(=N)c12. The van der Waals surface area contributed by atoms with Gasteiger partial charge in [0.1, 0.15) is 11.1 Å². The van der Waals surface area contributed by atoms with E-state index in [4.69, 9.17) is 5.41 Å². The van der Waals surface area contributed by atoms with Gasteiger partial charge in [0.2, 0.25) is 0 Å². The molecule has 6 heteroatoms. The third kappa shape index (κ3) is 3.49. The number of hydrogen-bond acceptors (Lipinski definition) is 4. The van der Waals surface area contributed by atoms with Crippen molar-refractivity contribution in [1.29, 1.82) is 5.41 Å². The number of fused-ring (bicyclic) bond motifs is 1. The fraction of sp³-hybridized carbons (Fsp3) is 0.421. The van der Waals surface area contributed by atoms with E-state index in [9.17, 15) is 0 Å². The summed E-state index contributed by atoms with van der Waals surface area (Å²) in [5.74, 6) is 0. The van der Waals surface area contributed by atoms with Crippen LogP contribution in [0.5, 0.6) is 0 Å². The van der Waals surface area contributed by atoms with E-state index in [0.717, 1.165) is 47.5 Å². The molecule has 0 bridgehead atoms. The molecular formula is C19H26N6. The van der Waals surface area contributed by atoms with Crippen molar-refractivity contribution in [3.63, 3.8) is 0 Å². The molecule has 0 radical (unpaired) electrons. The summed E-state index contributed by atoms with van der Waals surface area (Å²) in [5.41, 5.74) is 4.69. The van der Waals surface area contributed by atoms with Crippen molar-refractivity contribution >= 4 is 11.0 Å². The maximum Gasteiger partial charge on any atom is 0.146 e. The van der Waals surface area contributed by atoms with E-state index in [1.807, 2.05) is 29.0 Å². The van der Waals surface area contributed by atoms with Crippen LogP contribution in [-0.2, 0) is 13.1 Å². The van der Waals surface area contributed by atoms with Crippen molar-refractivity contribution in [2.45, 2.75) is 33.4 Å². The van der Waals surface area contributed by atoms with E-state index < -0.39 is 0 Å². The second kappa shape index (κ2) is 7.19. The Hall–Kier alpha value is -2.47. The second-order valence-corrected chi connectivity index (χ2v) is 6.76. The number of nitrogens with zero attached hydrogens (tertiary/aromatic N) is 5. The maximum atomic E-state index is 8.64. The van der Waals surface area contributed by atoms with Crippen molar-refractivity contribution in [2.75, 3.05) is 20.6 Å². The lowest BCUT2D eigenvalue weighted by atomic mass is 10.2. The Balaban J connectivity index is 1.99. The number of rotatable bonds is 6. The molecule has 6 nitrogen and oxygen atoms in total. The zero-order valence-electron chi connectivity index (χ0n) is 15.5. The topological polar surface area (TPSA) is 62.7 Å². The van der Waals surface area contributed by atoms with Crippen molar-refractivity contribution in [1.82, 2.24) is 24.0 Å². The fourth-order valence-electron chi connectivity index (χ4n) is 3.16. The highest BCUT2D eigenvalue weighted by Crippen LogP contribution is 2.21. The number of aromatic nitrogens is 4. The molecule has 25 heavy (non-hydrogen) atoms. The summed E-state index contributed by atoms with van der Waals surface area (Å²) in [4.78, 5) is 11.3. The summed E-state index contributed by atoms with van der Waals surface area (Å²) in [6.07, 6.45) is 4.61. The molecule has 0 atom stereocenters. The average molecular weight is 338 g/mol. The molecule has 3 heterocycles. The van der Waals surface area contributed by atoms with E-state index >= 15 is 0 Å². The molecule has 0 saturated carbocycles. The molecule has 3 aromatic rings. The molecule has 1 N–H and O–H groups in total. The van der Waals surface area contributed by atoms with E-state index in [1.165, 1.54) is 0 Å². The molecule has 0 aliphatic rings. The quantitative estimate of drug-likeness (QED) is 0.750. The van der Waals surface area contributed by atoms with Gasteiger partial charge in [0, 0.05) is 18.4 Å². The summed E-state index contributed by atoms with van der Waals surface area (Å²) in [6.45, 7) is 6.66. The van der Waals surface area contributed by atoms with E-state index in [2.05, 4.69) is 47.4 Å². The normalized spacial score (nSPS) is 11.6. The zero-order valence-corrected chi connectivity index (χ0v) is 15.5. The number of hydrogen-bond donors (Lipinski definition) is 1. The molecule has 3 rings (SSSR count). The molecular weight excluding hydrogens is 312 g/mol. The first-order valence-corrected chi connectivity index (χ1v) is 8.63. The second-order valence-electron chi connectivity index (χ2n) is 6.76. The zero-order chi connectivity index (χ0) is 18.0. The molecule has 0 fully saturated rings. The van der Waals surface area contributed by atoms with Gasteiger partial charge in [0.05, 0.1) is 24.0 Å². The third-order valence-electron chi connectivity index (χ3n) is 4.70. The van der Waals surface area contributed by atoms with Crippen LogP contribution >= 0.6 is 0 Å². The summed E-state index contributed by atoms with van der Waals surface area (Å²) < 4.78 is 4.11. The van der Waals surface area contributed by atoms with Gasteiger partial charge in [0.15, 0.2) is 0 Å². The number of nitrogens with one attached hydrogen (secondary N) is 1. The van der Waals surface area contributed by atoms with Gasteiger partial charge in [-0.1, -0.05) is 6.07 Å². The molecule has 0 spiro atoms. The maximum absolute atomic E-state index is 8.64. The summed E-state index contributed by atoms with van der Waals surface area (Å²) in [6, 6.07) is 5.94. The van der Waals surface area contributed by atoms with Gasteiger partial charge in [-0.15, -0.1) is 0 Å². The van der Waals surface area contributed by atoms with Crippen LogP contribution in [0.4, 0.5) is 0 Å². The van der Waals surface area contributed by atoms with Gasteiger partial charge in [-0.2, -0.15) is 0 Å². The third-order valence-corrected chi connectivity index (χ3v) is 4.70. The first kappa shape index (κ1) is 17.4. The van der Waals surface area contributed by atoms with Gasteiger partial charge in [-0.05, 0) is 58.6 Å². The highest BCUT2D eigenvalue weighted by atomic mass is 15.1. The molecule has 0 amide bonds. The minimum atomic E-state index is 0.545. The van der Waals surface area contributed by atoms with Crippen LogP contribution in [0.15, 0.2) is 30.7 Å². The Morgan fingerprint density at radius 1 is 1.16 bits per heavy atom. The predicted octanol–water partition coefficient (Wildman–Crippen LogP) is 2.33. The van der Waals surface area contributed by atoms with Crippen molar-refractivity contribution in [2.24, 2.45) is 0 Å². The summed E-state index contributed by atoms with van der Waals surface area (Å²) in [5, 5.41) is 9.58. The van der Waals surface area contributed by atoms with Crippen molar-refractivity contribution in [3.8, 4) is 0 Å². The highest BCUT2D eigenvalue weighted by Gasteiger charge is 2.15. The fourth-order valence-corrected chi connectivity index (χ4v) is 3.16. The van der Waals surface area contributed by atoms with Gasteiger partial charge < -0.3 is 14.0 Å². The Morgan fingerprint density at radius 3 is 2.64 bits per heavy atom. The lowest BCUT2D eigenvalue weighted by Crippen LogP contribution is -2.23. The Bertz CT molecular complexity index is 920. The van der Waals surface area contributed by atoms with Gasteiger partial charge in [-0.3, -0.25) is 10.4 Å². The molecule has 0 saturated heterocycles. The first-order valence-electron chi connectivity index (χ1n) is 8.63. The molecule has 3 aromatic heterocycles. The monoisotopic (exact) mass is 338 g/mol. The van der Waals surface area contributed by atoms with E-state index in [0.29, 0.717) is 12.0 Å². The number of aryl methyl sites for hydroxylation is 2. The Kier molecular flexibility index (Phi) is 4.99. The first-order chi connectivity index (χ1) is 12.0. The smallest absolute Gasteiger partial charge is 0.146 e. The van der Waals surface area contributed by atoms with Gasteiger partial charge >= 0.3 is 0 Å². The molecule has 132 valence electrons. The largest absolute Gasteiger partial charge is 0.323 e.